The van der Waals surface area contributed by atoms with Crippen molar-refractivity contribution < 1.29 is 32.6 Å². The molecule has 0 saturated heterocycles. The van der Waals surface area contributed by atoms with E-state index >= 15 is 0 Å². The summed E-state index contributed by atoms with van der Waals surface area (Å²) in [7, 11) is 0. The van der Waals surface area contributed by atoms with Gasteiger partial charge in [0, 0.05) is 17.9 Å². The van der Waals surface area contributed by atoms with Gasteiger partial charge in [-0.2, -0.15) is 13.2 Å². The van der Waals surface area contributed by atoms with Gasteiger partial charge in [-0.25, -0.2) is 14.2 Å². The van der Waals surface area contributed by atoms with Crippen molar-refractivity contribution in [2.24, 2.45) is 0 Å². The number of alkyl halides is 3. The maximum atomic E-state index is 12.7. The third kappa shape index (κ3) is 6.28. The molecule has 0 bridgehead atoms. The van der Waals surface area contributed by atoms with E-state index in [2.05, 4.69) is 4.98 Å². The van der Waals surface area contributed by atoms with Crippen molar-refractivity contribution in [3.05, 3.63) is 80.6 Å². The number of carboxylic acid groups (broad SMARTS) is 1. The van der Waals surface area contributed by atoms with Crippen LogP contribution in [0.1, 0.15) is 44.7 Å². The van der Waals surface area contributed by atoms with Crippen molar-refractivity contribution in [3.8, 4) is 5.75 Å². The van der Waals surface area contributed by atoms with Gasteiger partial charge in [-0.15, -0.1) is 11.3 Å². The highest BCUT2D eigenvalue weighted by atomic mass is 32.1. The fourth-order valence-corrected chi connectivity index (χ4v) is 3.32. The third-order valence-electron chi connectivity index (χ3n) is 4.22. The number of hydrogen-bond donors (Lipinski definition) is 2. The molecule has 2 N–H and O–H groups in total. The second-order valence-electron chi connectivity index (χ2n) is 6.37. The van der Waals surface area contributed by atoms with E-state index in [1.54, 1.807) is 13.0 Å². The van der Waals surface area contributed by atoms with E-state index in [-0.39, 0.29) is 17.9 Å². The Bertz CT molecular complexity index is 1030. The molecule has 0 radical (unpaired) electrons. The van der Waals surface area contributed by atoms with Crippen LogP contribution in [-0.2, 0) is 19.0 Å². The summed E-state index contributed by atoms with van der Waals surface area (Å²) in [4.78, 5) is 14.6. The zero-order valence-electron chi connectivity index (χ0n) is 16.1. The molecular weight excluding hydrogens is 422 g/mol. The first-order chi connectivity index (χ1) is 14.0. The van der Waals surface area contributed by atoms with E-state index in [0.29, 0.717) is 16.1 Å². The van der Waals surface area contributed by atoms with Gasteiger partial charge in [0.2, 0.25) is 0 Å². The molecule has 0 spiro atoms. The topological polar surface area (TPSA) is 70.4 Å². The van der Waals surface area contributed by atoms with Crippen molar-refractivity contribution in [3.63, 3.8) is 0 Å². The first-order valence-corrected chi connectivity index (χ1v) is 9.71. The molecule has 2 aromatic carbocycles. The number of phenols is 1. The van der Waals surface area contributed by atoms with Crippen LogP contribution in [0, 0.1) is 12.7 Å². The van der Waals surface area contributed by atoms with Crippen molar-refractivity contribution in [1.82, 2.24) is 4.98 Å². The highest BCUT2D eigenvalue weighted by Gasteiger charge is 2.30. The van der Waals surface area contributed by atoms with Gasteiger partial charge in [0.05, 0.1) is 10.6 Å². The Morgan fingerprint density at radius 2 is 1.83 bits per heavy atom. The standard InChI is InChI=1S/C13H10F3NO2S.C8H9FO/c1-7-2-3-9(13(14,15)16)4-8(7)5-11-17-10(6-20-11)12(18)19;1-2-6-3-4-7(9)5-8(6)10/h2-4,6H,5H2,1H3,(H,18,19);3-5,10H,2H2,1H3. The Morgan fingerprint density at radius 3 is 2.37 bits per heavy atom. The quantitative estimate of drug-likeness (QED) is 0.498. The number of aryl methyl sites for hydroxylation is 2. The minimum Gasteiger partial charge on any atom is -0.508 e. The van der Waals surface area contributed by atoms with Crippen molar-refractivity contribution >= 4 is 17.3 Å². The molecule has 1 heterocycles. The largest absolute Gasteiger partial charge is 0.508 e. The average Bonchev–Trinajstić information content (AvgIpc) is 3.12. The number of carbonyl (C=O) groups is 1. The SMILES string of the molecule is CCc1ccc(F)cc1O.Cc1ccc(C(F)(F)F)cc1Cc1nc(C(=O)O)cs1. The zero-order chi connectivity index (χ0) is 22.5. The molecule has 0 fully saturated rings. The molecule has 3 rings (SSSR count). The van der Waals surface area contributed by atoms with Gasteiger partial charge in [-0.1, -0.05) is 19.1 Å². The lowest BCUT2D eigenvalue weighted by molar-refractivity contribution is -0.137. The summed E-state index contributed by atoms with van der Waals surface area (Å²) in [6.07, 6.45) is -3.47. The van der Waals surface area contributed by atoms with Crippen LogP contribution in [0.2, 0.25) is 0 Å². The third-order valence-corrected chi connectivity index (χ3v) is 5.07. The van der Waals surface area contributed by atoms with Crippen LogP contribution >= 0.6 is 11.3 Å². The summed E-state index contributed by atoms with van der Waals surface area (Å²) in [6.45, 7) is 3.62. The van der Waals surface area contributed by atoms with Crippen LogP contribution in [0.3, 0.4) is 0 Å². The number of aromatic nitrogens is 1. The fraction of sp³-hybridized carbons (Fsp3) is 0.238. The van der Waals surface area contributed by atoms with Crippen molar-refractivity contribution in [2.75, 3.05) is 0 Å². The van der Waals surface area contributed by atoms with Crippen LogP contribution < -0.4 is 0 Å². The molecule has 3 aromatic rings. The second-order valence-corrected chi connectivity index (χ2v) is 7.32. The minimum absolute atomic E-state index is 0.0440. The normalized spacial score (nSPS) is 11.0. The number of halogens is 4. The number of aromatic hydroxyl groups is 1. The molecule has 4 nitrogen and oxygen atoms in total. The maximum absolute atomic E-state index is 12.7. The minimum atomic E-state index is -4.39. The Balaban J connectivity index is 0.000000269. The molecule has 0 aliphatic heterocycles. The lowest BCUT2D eigenvalue weighted by Gasteiger charge is -2.10. The molecule has 0 amide bonds. The second kappa shape index (κ2) is 9.71. The highest BCUT2D eigenvalue weighted by molar-refractivity contribution is 7.09. The Hall–Kier alpha value is -2.94. The van der Waals surface area contributed by atoms with Crippen LogP contribution in [0.5, 0.6) is 5.75 Å². The first-order valence-electron chi connectivity index (χ1n) is 8.83. The number of phenolic OH excluding ortho intramolecular Hbond substituents is 1. The molecular formula is C21H19F4NO3S. The van der Waals surface area contributed by atoms with E-state index in [1.165, 1.54) is 17.5 Å². The lowest BCUT2D eigenvalue weighted by atomic mass is 10.0. The van der Waals surface area contributed by atoms with Gasteiger partial charge in [0.15, 0.2) is 5.69 Å². The molecule has 9 heteroatoms. The van der Waals surface area contributed by atoms with E-state index in [1.807, 2.05) is 6.92 Å². The molecule has 0 saturated carbocycles. The Kier molecular flexibility index (Phi) is 7.55. The average molecular weight is 441 g/mol. The van der Waals surface area contributed by atoms with Gasteiger partial charge in [0.25, 0.3) is 0 Å². The molecule has 0 atom stereocenters. The number of rotatable bonds is 4. The summed E-state index contributed by atoms with van der Waals surface area (Å²) < 4.78 is 50.3. The summed E-state index contributed by atoms with van der Waals surface area (Å²) in [5.41, 5.74) is 1.18. The van der Waals surface area contributed by atoms with Gasteiger partial charge in [-0.3, -0.25) is 0 Å². The summed E-state index contributed by atoms with van der Waals surface area (Å²) in [6, 6.07) is 7.58. The highest BCUT2D eigenvalue weighted by Crippen LogP contribution is 2.31. The van der Waals surface area contributed by atoms with Gasteiger partial charge in [-0.05, 0) is 48.2 Å². The van der Waals surface area contributed by atoms with Crippen LogP contribution in [-0.4, -0.2) is 21.2 Å². The van der Waals surface area contributed by atoms with Crippen LogP contribution in [0.25, 0.3) is 0 Å². The summed E-state index contributed by atoms with van der Waals surface area (Å²) in [5.74, 6) is -1.49. The lowest BCUT2D eigenvalue weighted by Crippen LogP contribution is -2.06. The smallest absolute Gasteiger partial charge is 0.416 e. The van der Waals surface area contributed by atoms with Gasteiger partial charge < -0.3 is 10.2 Å². The monoisotopic (exact) mass is 441 g/mol. The van der Waals surface area contributed by atoms with E-state index in [0.717, 1.165) is 41.5 Å². The van der Waals surface area contributed by atoms with E-state index < -0.39 is 23.5 Å². The zero-order valence-corrected chi connectivity index (χ0v) is 16.9. The molecule has 1 aromatic heterocycles. The molecule has 160 valence electrons. The molecule has 0 aliphatic rings. The van der Waals surface area contributed by atoms with Crippen LogP contribution in [0.15, 0.2) is 41.8 Å². The number of carboxylic acids is 1. The fourth-order valence-electron chi connectivity index (χ4n) is 2.53. The van der Waals surface area contributed by atoms with Crippen molar-refractivity contribution in [2.45, 2.75) is 32.9 Å². The first kappa shape index (κ1) is 23.3. The Morgan fingerprint density at radius 1 is 1.13 bits per heavy atom. The van der Waals surface area contributed by atoms with E-state index in [9.17, 15) is 22.4 Å². The molecule has 0 aliphatic carbocycles. The molecule has 30 heavy (non-hydrogen) atoms. The number of benzene rings is 2. The Labute approximate surface area is 174 Å². The van der Waals surface area contributed by atoms with E-state index in [4.69, 9.17) is 10.2 Å². The number of thiazole rings is 1. The van der Waals surface area contributed by atoms with Gasteiger partial charge in [0.1, 0.15) is 11.6 Å². The van der Waals surface area contributed by atoms with Gasteiger partial charge >= 0.3 is 12.1 Å². The number of hydrogen-bond acceptors (Lipinski definition) is 4. The number of aromatic carboxylic acids is 1. The maximum Gasteiger partial charge on any atom is 0.416 e. The van der Waals surface area contributed by atoms with Crippen molar-refractivity contribution in [1.29, 1.82) is 0 Å². The predicted octanol–water partition coefficient (Wildman–Crippen LogP) is 5.85. The van der Waals surface area contributed by atoms with Crippen LogP contribution in [0.4, 0.5) is 17.6 Å². The number of nitrogens with zero attached hydrogens (tertiary/aromatic N) is 1. The molecule has 0 unspecified atom stereocenters. The summed E-state index contributed by atoms with van der Waals surface area (Å²) >= 11 is 1.12. The summed E-state index contributed by atoms with van der Waals surface area (Å²) in [5, 5.41) is 19.7. The predicted molar refractivity (Wildman–Crippen MR) is 106 cm³/mol.